The summed E-state index contributed by atoms with van der Waals surface area (Å²) in [5.74, 6) is -0.498. The first-order valence-electron chi connectivity index (χ1n) is 4.77. The Morgan fingerprint density at radius 1 is 0.810 bits per heavy atom. The Kier molecular flexibility index (Phi) is 7.37. The van der Waals surface area contributed by atoms with Crippen LogP contribution in [0.5, 0.6) is 5.75 Å². The van der Waals surface area contributed by atoms with Gasteiger partial charge in [-0.25, -0.2) is 16.8 Å². The van der Waals surface area contributed by atoms with Crippen LogP contribution in [0.3, 0.4) is 0 Å². The molecule has 0 heterocycles. The molecule has 0 radical (unpaired) electrons. The molecule has 0 spiro atoms. The minimum Gasteiger partial charge on any atom is -0.744 e. The van der Waals surface area contributed by atoms with Gasteiger partial charge < -0.3 is 14.2 Å². The summed E-state index contributed by atoms with van der Waals surface area (Å²) >= 11 is 0. The van der Waals surface area contributed by atoms with Crippen LogP contribution in [0, 0.1) is 0 Å². The molecule has 102 valence electrons. The number of hydrogen-bond donors (Lipinski definition) is 1. The van der Waals surface area contributed by atoms with Gasteiger partial charge in [-0.05, 0) is 35.7 Å². The third kappa shape index (κ3) is 4.90. The number of phenols is 1. The smallest absolute Gasteiger partial charge is 0.744 e. The molecule has 0 aliphatic carbocycles. The molecule has 0 bridgehead atoms. The van der Waals surface area contributed by atoms with Crippen molar-refractivity contribution < 1.29 is 90.2 Å². The first-order valence-corrected chi connectivity index (χ1v) is 7.59. The number of phenolic OH excluding ortho intramolecular Hbond substituents is 1. The summed E-state index contributed by atoms with van der Waals surface area (Å²) in [6.45, 7) is 0. The first-order chi connectivity index (χ1) is 8.59. The van der Waals surface area contributed by atoms with Crippen LogP contribution in [0.1, 0.15) is 0 Å². The predicted molar refractivity (Wildman–Crippen MR) is 61.5 cm³/mol. The monoisotopic (exact) mass is 348 g/mol. The van der Waals surface area contributed by atoms with Crippen LogP contribution in [0.25, 0.3) is 10.8 Å². The van der Waals surface area contributed by atoms with Crippen molar-refractivity contribution in [3.05, 3.63) is 30.3 Å². The predicted octanol–water partition coefficient (Wildman–Crippen LogP) is -5.64. The Hall–Kier alpha value is 0.320. The molecule has 0 aromatic heterocycles. The Morgan fingerprint density at radius 3 is 1.76 bits per heavy atom. The van der Waals surface area contributed by atoms with Gasteiger partial charge in [0, 0.05) is 5.39 Å². The fourth-order valence-corrected chi connectivity index (χ4v) is 2.63. The maximum absolute atomic E-state index is 10.9. The van der Waals surface area contributed by atoms with Crippen molar-refractivity contribution in [2.24, 2.45) is 0 Å². The summed E-state index contributed by atoms with van der Waals surface area (Å²) < 4.78 is 65.1. The summed E-state index contributed by atoms with van der Waals surface area (Å²) in [6.07, 6.45) is 0. The number of benzene rings is 2. The van der Waals surface area contributed by atoms with Crippen LogP contribution in [-0.2, 0) is 20.2 Å². The first kappa shape index (κ1) is 21.3. The van der Waals surface area contributed by atoms with Crippen LogP contribution >= 0.6 is 0 Å². The van der Waals surface area contributed by atoms with Crippen molar-refractivity contribution in [3.8, 4) is 5.75 Å². The topological polar surface area (TPSA) is 135 Å². The van der Waals surface area contributed by atoms with Gasteiger partial charge in [-0.1, -0.05) is 0 Å². The number of fused-ring (bicyclic) bond motifs is 1. The SMILES string of the molecule is O=S(=O)([O-])c1ccc2c(O)cc(S(=O)(=O)[O-])cc2c1.[Na+].[Na+]. The second kappa shape index (κ2) is 7.26. The van der Waals surface area contributed by atoms with Crippen molar-refractivity contribution >= 4 is 31.0 Å². The van der Waals surface area contributed by atoms with E-state index in [1.165, 1.54) is 0 Å². The molecule has 11 heteroatoms. The van der Waals surface area contributed by atoms with E-state index < -0.39 is 35.8 Å². The zero-order valence-corrected chi connectivity index (χ0v) is 16.7. The van der Waals surface area contributed by atoms with Gasteiger partial charge in [0.25, 0.3) is 0 Å². The normalized spacial score (nSPS) is 11.5. The number of aromatic hydroxyl groups is 1. The summed E-state index contributed by atoms with van der Waals surface area (Å²) in [7, 11) is -9.52. The molecule has 0 fully saturated rings. The van der Waals surface area contributed by atoms with Gasteiger partial charge in [-0.2, -0.15) is 0 Å². The fraction of sp³-hybridized carbons (Fsp3) is 0. The van der Waals surface area contributed by atoms with Crippen LogP contribution in [0.2, 0.25) is 0 Å². The van der Waals surface area contributed by atoms with Crippen molar-refractivity contribution in [1.82, 2.24) is 0 Å². The molecule has 0 saturated heterocycles. The van der Waals surface area contributed by atoms with E-state index in [4.69, 9.17) is 0 Å². The molecule has 0 amide bonds. The molecule has 1 N–H and O–H groups in total. The Morgan fingerprint density at radius 2 is 1.29 bits per heavy atom. The largest absolute Gasteiger partial charge is 1.00 e. The molecule has 2 aromatic rings. The minimum absolute atomic E-state index is 0. The van der Waals surface area contributed by atoms with Crippen LogP contribution in [0.15, 0.2) is 40.1 Å². The minimum atomic E-state index is -4.80. The van der Waals surface area contributed by atoms with Crippen molar-refractivity contribution in [1.29, 1.82) is 0 Å². The Balaban J connectivity index is 0.00000200. The molecule has 0 saturated carbocycles. The zero-order valence-electron chi connectivity index (χ0n) is 11.1. The second-order valence-electron chi connectivity index (χ2n) is 3.73. The van der Waals surface area contributed by atoms with Gasteiger partial charge in [0.1, 0.15) is 26.0 Å². The Bertz CT molecular complexity index is 870. The average Bonchev–Trinajstić information content (AvgIpc) is 2.25. The zero-order chi connectivity index (χ0) is 14.4. The van der Waals surface area contributed by atoms with E-state index in [2.05, 4.69) is 0 Å². The van der Waals surface area contributed by atoms with E-state index >= 15 is 0 Å². The molecule has 0 unspecified atom stereocenters. The van der Waals surface area contributed by atoms with E-state index in [9.17, 15) is 31.0 Å². The maximum atomic E-state index is 10.9. The van der Waals surface area contributed by atoms with Gasteiger partial charge in [0.05, 0.1) is 9.79 Å². The van der Waals surface area contributed by atoms with E-state index in [1.54, 1.807) is 0 Å². The third-order valence-electron chi connectivity index (χ3n) is 2.45. The van der Waals surface area contributed by atoms with Crippen molar-refractivity contribution in [2.45, 2.75) is 9.79 Å². The summed E-state index contributed by atoms with van der Waals surface area (Å²) in [6, 6.07) is 4.68. The molecule has 0 aliphatic heterocycles. The summed E-state index contributed by atoms with van der Waals surface area (Å²) in [5.41, 5.74) is 0. The van der Waals surface area contributed by atoms with E-state index in [1.807, 2.05) is 0 Å². The quantitative estimate of drug-likeness (QED) is 0.422. The van der Waals surface area contributed by atoms with Gasteiger partial charge in [-0.15, -0.1) is 0 Å². The van der Waals surface area contributed by atoms with E-state index in [-0.39, 0.29) is 69.9 Å². The van der Waals surface area contributed by atoms with E-state index in [0.717, 1.165) is 30.3 Å². The maximum Gasteiger partial charge on any atom is 1.00 e. The third-order valence-corrected chi connectivity index (χ3v) is 4.10. The molecular formula is C10H6Na2O7S2. The summed E-state index contributed by atoms with van der Waals surface area (Å²) in [5, 5.41) is 9.67. The van der Waals surface area contributed by atoms with Gasteiger partial charge in [0.15, 0.2) is 0 Å². The molecule has 0 atom stereocenters. The molecule has 7 nitrogen and oxygen atoms in total. The van der Waals surface area contributed by atoms with E-state index in [0.29, 0.717) is 0 Å². The van der Waals surface area contributed by atoms with Crippen molar-refractivity contribution in [3.63, 3.8) is 0 Å². The second-order valence-corrected chi connectivity index (χ2v) is 6.49. The van der Waals surface area contributed by atoms with Gasteiger partial charge in [-0.3, -0.25) is 0 Å². The Labute approximate surface area is 165 Å². The van der Waals surface area contributed by atoms with Crippen LogP contribution < -0.4 is 59.1 Å². The number of hydrogen-bond acceptors (Lipinski definition) is 7. The molecular weight excluding hydrogens is 342 g/mol. The average molecular weight is 348 g/mol. The number of rotatable bonds is 2. The van der Waals surface area contributed by atoms with Gasteiger partial charge in [0.2, 0.25) is 0 Å². The summed E-state index contributed by atoms with van der Waals surface area (Å²) in [4.78, 5) is -1.29. The molecule has 2 rings (SSSR count). The van der Waals surface area contributed by atoms with Gasteiger partial charge >= 0.3 is 59.1 Å². The van der Waals surface area contributed by atoms with Crippen LogP contribution in [0.4, 0.5) is 0 Å². The molecule has 2 aromatic carbocycles. The van der Waals surface area contributed by atoms with Crippen molar-refractivity contribution in [2.75, 3.05) is 0 Å². The standard InChI is InChI=1S/C10H8O7S2.2Na/c11-10-5-8(19(15,16)17)4-6-3-7(18(12,13)14)1-2-9(6)10;;/h1-5,11H,(H,12,13,14)(H,15,16,17);;/q;2*+1/p-2. The molecule has 21 heavy (non-hydrogen) atoms. The van der Waals surface area contributed by atoms with Crippen LogP contribution in [-0.4, -0.2) is 31.0 Å². The fourth-order valence-electron chi connectivity index (χ4n) is 1.60. The molecule has 0 aliphatic rings.